The Labute approximate surface area is 182 Å². The van der Waals surface area contributed by atoms with Crippen molar-refractivity contribution in [1.29, 1.82) is 0 Å². The largest absolute Gasteiger partial charge is 0.490 e. The fraction of sp³-hybridized carbons (Fsp3) is 0.542. The number of esters is 1. The van der Waals surface area contributed by atoms with Crippen molar-refractivity contribution in [1.82, 2.24) is 9.97 Å². The molecule has 1 fully saturated rings. The topological polar surface area (TPSA) is 61.3 Å². The number of aromatic nitrogens is 2. The van der Waals surface area contributed by atoms with Gasteiger partial charge in [0, 0.05) is 18.0 Å². The molecule has 168 valence electrons. The van der Waals surface area contributed by atoms with Crippen LogP contribution in [0.4, 0.5) is 8.78 Å². The van der Waals surface area contributed by atoms with Crippen molar-refractivity contribution in [3.05, 3.63) is 42.0 Å². The highest BCUT2D eigenvalue weighted by Crippen LogP contribution is 2.29. The molecule has 7 heteroatoms. The maximum Gasteiger partial charge on any atom is 0.340 e. The minimum atomic E-state index is -1.53. The summed E-state index contributed by atoms with van der Waals surface area (Å²) in [4.78, 5) is 20.2. The molecule has 0 spiro atoms. The molecule has 3 rings (SSSR count). The zero-order chi connectivity index (χ0) is 22.2. The summed E-state index contributed by atoms with van der Waals surface area (Å²) in [5.74, 6) is -0.288. The molecule has 31 heavy (non-hydrogen) atoms. The normalized spacial score (nSPS) is 19.6. The number of carbonyl (C=O) groups excluding carboxylic acids is 1. The molecule has 5 nitrogen and oxygen atoms in total. The van der Waals surface area contributed by atoms with Crippen LogP contribution in [0.25, 0.3) is 11.4 Å². The fourth-order valence-electron chi connectivity index (χ4n) is 3.66. The number of ether oxygens (including phenoxy) is 2. The Hall–Kier alpha value is -2.57. The van der Waals surface area contributed by atoms with Gasteiger partial charge < -0.3 is 9.47 Å². The first-order valence-corrected chi connectivity index (χ1v) is 11.0. The summed E-state index contributed by atoms with van der Waals surface area (Å²) in [6.45, 7) is 4.24. The molecule has 1 aromatic heterocycles. The lowest BCUT2D eigenvalue weighted by Crippen LogP contribution is -2.30. The molecule has 2 aromatic rings. The van der Waals surface area contributed by atoms with Gasteiger partial charge >= 0.3 is 5.97 Å². The number of benzene rings is 1. The summed E-state index contributed by atoms with van der Waals surface area (Å²) in [6, 6.07) is 4.71. The molecule has 0 amide bonds. The van der Waals surface area contributed by atoms with E-state index in [1.165, 1.54) is 6.07 Å². The molecular weight excluding hydrogens is 402 g/mol. The molecule has 0 saturated heterocycles. The van der Waals surface area contributed by atoms with Crippen molar-refractivity contribution in [2.24, 2.45) is 5.92 Å². The minimum absolute atomic E-state index is 0.195. The number of aryl methyl sites for hydroxylation is 1. The number of hydrogen-bond donors (Lipinski definition) is 0. The zero-order valence-corrected chi connectivity index (χ0v) is 18.2. The molecule has 1 aliphatic carbocycles. The van der Waals surface area contributed by atoms with Gasteiger partial charge in [-0.05, 0) is 68.7 Å². The molecule has 1 aromatic carbocycles. The van der Waals surface area contributed by atoms with E-state index in [1.54, 1.807) is 24.5 Å². The quantitative estimate of drug-likeness (QED) is 0.483. The van der Waals surface area contributed by atoms with Gasteiger partial charge in [-0.2, -0.15) is 0 Å². The van der Waals surface area contributed by atoms with Gasteiger partial charge in [0.2, 0.25) is 0 Å². The maximum absolute atomic E-state index is 14.5. The van der Waals surface area contributed by atoms with Crippen LogP contribution in [0.3, 0.4) is 0 Å². The summed E-state index contributed by atoms with van der Waals surface area (Å²) in [7, 11) is 0. The minimum Gasteiger partial charge on any atom is -0.490 e. The van der Waals surface area contributed by atoms with Crippen LogP contribution in [0.5, 0.6) is 5.75 Å². The van der Waals surface area contributed by atoms with Gasteiger partial charge in [-0.1, -0.05) is 19.8 Å². The van der Waals surface area contributed by atoms with Gasteiger partial charge in [-0.15, -0.1) is 0 Å². The van der Waals surface area contributed by atoms with Crippen LogP contribution < -0.4 is 4.74 Å². The van der Waals surface area contributed by atoms with E-state index >= 15 is 0 Å². The van der Waals surface area contributed by atoms with E-state index in [0.717, 1.165) is 24.8 Å². The fourth-order valence-corrected chi connectivity index (χ4v) is 3.66. The van der Waals surface area contributed by atoms with Crippen molar-refractivity contribution in [3.63, 3.8) is 0 Å². The Kier molecular flexibility index (Phi) is 8.32. The number of carbonyl (C=O) groups is 1. The Bertz CT molecular complexity index is 852. The van der Waals surface area contributed by atoms with Gasteiger partial charge in [0.1, 0.15) is 6.10 Å². The van der Waals surface area contributed by atoms with Gasteiger partial charge in [0.05, 0.1) is 6.61 Å². The predicted octanol–water partition coefficient (Wildman–Crippen LogP) is 5.60. The van der Waals surface area contributed by atoms with Gasteiger partial charge in [0.15, 0.2) is 23.6 Å². The van der Waals surface area contributed by atoms with Crippen molar-refractivity contribution < 1.29 is 23.0 Å². The Morgan fingerprint density at radius 3 is 2.55 bits per heavy atom. The molecule has 1 saturated carbocycles. The van der Waals surface area contributed by atoms with E-state index in [0.29, 0.717) is 37.3 Å². The van der Waals surface area contributed by atoms with Crippen LogP contribution >= 0.6 is 0 Å². The highest BCUT2D eigenvalue weighted by Gasteiger charge is 2.27. The Morgan fingerprint density at radius 1 is 1.19 bits per heavy atom. The van der Waals surface area contributed by atoms with Crippen molar-refractivity contribution in [3.8, 4) is 17.1 Å². The number of nitrogens with zero attached hydrogens (tertiary/aromatic N) is 2. The standard InChI is InChI=1S/C24H30F2N2O3/c1-3-4-5-20(25)24(29)31-19-9-6-17(7-10-19)15-30-22-11-8-18(12-21(22)26)23-27-13-16(2)14-28-23/h8,11-14,17,19-20H,3-7,9-10,15H2,1-2H3/t17-,19-,20-/m0/s1. The Morgan fingerprint density at radius 2 is 1.90 bits per heavy atom. The van der Waals surface area contributed by atoms with Crippen molar-refractivity contribution >= 4 is 5.97 Å². The van der Waals surface area contributed by atoms with Crippen LogP contribution in [-0.2, 0) is 9.53 Å². The maximum atomic E-state index is 14.5. The number of hydrogen-bond acceptors (Lipinski definition) is 5. The monoisotopic (exact) mass is 432 g/mol. The molecule has 1 atom stereocenters. The average Bonchev–Trinajstić information content (AvgIpc) is 2.78. The van der Waals surface area contributed by atoms with Crippen LogP contribution in [0.1, 0.15) is 57.4 Å². The van der Waals surface area contributed by atoms with Crippen LogP contribution in [-0.4, -0.2) is 34.8 Å². The molecule has 0 bridgehead atoms. The predicted molar refractivity (Wildman–Crippen MR) is 114 cm³/mol. The van der Waals surface area contributed by atoms with E-state index in [2.05, 4.69) is 9.97 Å². The summed E-state index contributed by atoms with van der Waals surface area (Å²) in [6.07, 6.45) is 6.29. The highest BCUT2D eigenvalue weighted by molar-refractivity contribution is 5.74. The summed E-state index contributed by atoms with van der Waals surface area (Å²) in [5, 5.41) is 0. The van der Waals surface area contributed by atoms with Crippen molar-refractivity contribution in [2.45, 2.75) is 71.1 Å². The molecule has 1 heterocycles. The first-order valence-electron chi connectivity index (χ1n) is 11.0. The van der Waals surface area contributed by atoms with Crippen LogP contribution in [0.15, 0.2) is 30.6 Å². The highest BCUT2D eigenvalue weighted by atomic mass is 19.1. The number of halogens is 2. The number of alkyl halides is 1. The van der Waals surface area contributed by atoms with Gasteiger partial charge in [-0.3, -0.25) is 0 Å². The molecule has 1 aliphatic rings. The lowest BCUT2D eigenvalue weighted by Gasteiger charge is -2.28. The van der Waals surface area contributed by atoms with E-state index < -0.39 is 18.0 Å². The SMILES string of the molecule is CCCC[C@H](F)C(=O)O[C@H]1CC[C@H](COc2ccc(-c3ncc(C)cn3)cc2F)CC1. The number of unbranched alkanes of at least 4 members (excludes halogenated alkanes) is 1. The van der Waals surface area contributed by atoms with E-state index in [-0.39, 0.29) is 24.2 Å². The van der Waals surface area contributed by atoms with E-state index in [1.807, 2.05) is 13.8 Å². The lowest BCUT2D eigenvalue weighted by molar-refractivity contribution is -0.157. The van der Waals surface area contributed by atoms with Crippen LogP contribution in [0, 0.1) is 18.7 Å². The smallest absolute Gasteiger partial charge is 0.340 e. The van der Waals surface area contributed by atoms with E-state index in [4.69, 9.17) is 9.47 Å². The summed E-state index contributed by atoms with van der Waals surface area (Å²) >= 11 is 0. The molecule has 0 N–H and O–H groups in total. The van der Waals surface area contributed by atoms with Gasteiger partial charge in [-0.25, -0.2) is 23.5 Å². The second-order valence-electron chi connectivity index (χ2n) is 8.23. The van der Waals surface area contributed by atoms with Crippen LogP contribution in [0.2, 0.25) is 0 Å². The third-order valence-corrected chi connectivity index (χ3v) is 5.59. The zero-order valence-electron chi connectivity index (χ0n) is 18.2. The molecule has 0 aliphatic heterocycles. The summed E-state index contributed by atoms with van der Waals surface area (Å²) in [5.41, 5.74) is 1.53. The second-order valence-corrected chi connectivity index (χ2v) is 8.23. The lowest BCUT2D eigenvalue weighted by atomic mass is 9.88. The molecule has 0 unspecified atom stereocenters. The van der Waals surface area contributed by atoms with Crippen molar-refractivity contribution in [2.75, 3.05) is 6.61 Å². The summed E-state index contributed by atoms with van der Waals surface area (Å²) < 4.78 is 39.3. The Balaban J connectivity index is 1.44. The number of rotatable bonds is 9. The van der Waals surface area contributed by atoms with E-state index in [9.17, 15) is 13.6 Å². The second kappa shape index (κ2) is 11.2. The molecule has 0 radical (unpaired) electrons. The first-order chi connectivity index (χ1) is 15.0. The average molecular weight is 433 g/mol. The molecular formula is C24H30F2N2O3. The van der Waals surface area contributed by atoms with Gasteiger partial charge in [0.25, 0.3) is 0 Å². The first kappa shape index (κ1) is 23.1. The third kappa shape index (κ3) is 6.71. The third-order valence-electron chi connectivity index (χ3n) is 5.59.